The minimum atomic E-state index is -0.425. The molecule has 0 aliphatic heterocycles. The molecule has 1 amide bonds. The Bertz CT molecular complexity index is 629. The van der Waals surface area contributed by atoms with Crippen LogP contribution < -0.4 is 15.8 Å². The van der Waals surface area contributed by atoms with Crippen molar-refractivity contribution in [2.45, 2.75) is 6.92 Å². The van der Waals surface area contributed by atoms with Crippen LogP contribution in [0.5, 0.6) is 5.75 Å². The van der Waals surface area contributed by atoms with E-state index in [2.05, 4.69) is 5.32 Å². The van der Waals surface area contributed by atoms with Gasteiger partial charge in [-0.1, -0.05) is 12.1 Å². The number of hydrogen-bond donors (Lipinski definition) is 2. The molecule has 2 aromatic rings. The quantitative estimate of drug-likeness (QED) is 0.842. The van der Waals surface area contributed by atoms with Crippen molar-refractivity contribution in [2.24, 2.45) is 0 Å². The largest absolute Gasteiger partial charge is 0.492 e. The van der Waals surface area contributed by atoms with E-state index < -0.39 is 5.82 Å². The van der Waals surface area contributed by atoms with Crippen LogP contribution in [0.25, 0.3) is 0 Å². The van der Waals surface area contributed by atoms with Crippen LogP contribution in [0.4, 0.5) is 15.8 Å². The Labute approximate surface area is 116 Å². The molecule has 5 heteroatoms. The predicted octanol–water partition coefficient (Wildman–Crippen LogP) is 3.06. The molecule has 0 aromatic heterocycles. The molecule has 4 nitrogen and oxygen atoms in total. The highest BCUT2D eigenvalue weighted by Gasteiger charge is 2.12. The zero-order valence-corrected chi connectivity index (χ0v) is 11.0. The number of nitrogen functional groups attached to an aromatic ring is 1. The first kappa shape index (κ1) is 13.9. The molecule has 0 spiro atoms. The van der Waals surface area contributed by atoms with Gasteiger partial charge in [0.25, 0.3) is 5.91 Å². The normalized spacial score (nSPS) is 10.1. The summed E-state index contributed by atoms with van der Waals surface area (Å²) in [7, 11) is 0. The highest BCUT2D eigenvalue weighted by atomic mass is 19.1. The minimum Gasteiger partial charge on any atom is -0.492 e. The van der Waals surface area contributed by atoms with Gasteiger partial charge in [-0.25, -0.2) is 4.39 Å². The Morgan fingerprint density at radius 1 is 1.30 bits per heavy atom. The van der Waals surface area contributed by atoms with Gasteiger partial charge in [0.15, 0.2) is 0 Å². The van der Waals surface area contributed by atoms with Crippen molar-refractivity contribution in [1.29, 1.82) is 0 Å². The van der Waals surface area contributed by atoms with Crippen LogP contribution >= 0.6 is 0 Å². The van der Waals surface area contributed by atoms with Gasteiger partial charge in [0.2, 0.25) is 0 Å². The Morgan fingerprint density at radius 3 is 2.75 bits per heavy atom. The number of carbonyl (C=O) groups is 1. The fourth-order valence-electron chi connectivity index (χ4n) is 1.77. The van der Waals surface area contributed by atoms with Gasteiger partial charge < -0.3 is 15.8 Å². The highest BCUT2D eigenvalue weighted by molar-refractivity contribution is 6.08. The number of hydrogen-bond acceptors (Lipinski definition) is 3. The number of nitrogens with one attached hydrogen (secondary N) is 1. The standard InChI is InChI=1S/C15H15FN2O2/c1-2-20-14-9-10(16)7-8-13(14)18-15(19)11-5-3-4-6-12(11)17/h3-9H,2,17H2,1H3,(H,18,19). The molecule has 0 aliphatic carbocycles. The number of nitrogens with two attached hydrogens (primary N) is 1. The predicted molar refractivity (Wildman–Crippen MR) is 76.4 cm³/mol. The fraction of sp³-hybridized carbons (Fsp3) is 0.133. The van der Waals surface area contributed by atoms with E-state index in [4.69, 9.17) is 10.5 Å². The number of halogens is 1. The van der Waals surface area contributed by atoms with Crippen LogP contribution in [-0.4, -0.2) is 12.5 Å². The molecule has 0 atom stereocenters. The van der Waals surface area contributed by atoms with Gasteiger partial charge in [-0.15, -0.1) is 0 Å². The summed E-state index contributed by atoms with van der Waals surface area (Å²) in [6, 6.07) is 10.7. The molecule has 0 heterocycles. The summed E-state index contributed by atoms with van der Waals surface area (Å²) in [5.41, 5.74) is 6.89. The molecule has 0 saturated carbocycles. The molecule has 0 saturated heterocycles. The summed E-state index contributed by atoms with van der Waals surface area (Å²) in [6.45, 7) is 2.16. The van der Waals surface area contributed by atoms with E-state index in [9.17, 15) is 9.18 Å². The summed E-state index contributed by atoms with van der Waals surface area (Å²) in [5.74, 6) is -0.503. The van der Waals surface area contributed by atoms with E-state index in [1.54, 1.807) is 31.2 Å². The van der Waals surface area contributed by atoms with Gasteiger partial charge in [0.05, 0.1) is 17.9 Å². The highest BCUT2D eigenvalue weighted by Crippen LogP contribution is 2.26. The van der Waals surface area contributed by atoms with E-state index in [1.165, 1.54) is 18.2 Å². The van der Waals surface area contributed by atoms with E-state index in [1.807, 2.05) is 0 Å². The van der Waals surface area contributed by atoms with Crippen LogP contribution in [0.2, 0.25) is 0 Å². The first-order valence-electron chi connectivity index (χ1n) is 6.20. The molecule has 0 radical (unpaired) electrons. The Hall–Kier alpha value is -2.56. The van der Waals surface area contributed by atoms with E-state index in [-0.39, 0.29) is 11.7 Å². The Kier molecular flexibility index (Phi) is 4.20. The summed E-state index contributed by atoms with van der Waals surface area (Å²) in [4.78, 5) is 12.1. The van der Waals surface area contributed by atoms with Crippen molar-refractivity contribution in [3.05, 3.63) is 53.8 Å². The van der Waals surface area contributed by atoms with Crippen molar-refractivity contribution in [1.82, 2.24) is 0 Å². The molecule has 0 bridgehead atoms. The lowest BCUT2D eigenvalue weighted by Crippen LogP contribution is -2.14. The molecule has 2 rings (SSSR count). The number of amides is 1. The van der Waals surface area contributed by atoms with Crippen molar-refractivity contribution < 1.29 is 13.9 Å². The number of anilines is 2. The van der Waals surface area contributed by atoms with E-state index >= 15 is 0 Å². The van der Waals surface area contributed by atoms with Crippen molar-refractivity contribution in [3.8, 4) is 5.75 Å². The van der Waals surface area contributed by atoms with Gasteiger partial charge in [-0.2, -0.15) is 0 Å². The Balaban J connectivity index is 2.26. The van der Waals surface area contributed by atoms with Gasteiger partial charge >= 0.3 is 0 Å². The second-order valence-corrected chi connectivity index (χ2v) is 4.11. The molecular weight excluding hydrogens is 259 g/mol. The van der Waals surface area contributed by atoms with E-state index in [0.29, 0.717) is 23.5 Å². The van der Waals surface area contributed by atoms with Crippen LogP contribution in [0.15, 0.2) is 42.5 Å². The average Bonchev–Trinajstić information content (AvgIpc) is 2.42. The zero-order chi connectivity index (χ0) is 14.5. The number of para-hydroxylation sites is 1. The van der Waals surface area contributed by atoms with Gasteiger partial charge in [0, 0.05) is 11.8 Å². The summed E-state index contributed by atoms with van der Waals surface area (Å²) >= 11 is 0. The van der Waals surface area contributed by atoms with Crippen molar-refractivity contribution in [2.75, 3.05) is 17.7 Å². The molecule has 104 valence electrons. The lowest BCUT2D eigenvalue weighted by molar-refractivity contribution is 0.102. The van der Waals surface area contributed by atoms with Crippen LogP contribution in [0.1, 0.15) is 17.3 Å². The smallest absolute Gasteiger partial charge is 0.257 e. The zero-order valence-electron chi connectivity index (χ0n) is 11.0. The molecular formula is C15H15FN2O2. The third kappa shape index (κ3) is 3.06. The van der Waals surface area contributed by atoms with Crippen LogP contribution in [0.3, 0.4) is 0 Å². The minimum absolute atomic E-state index is 0.287. The molecule has 0 aliphatic rings. The number of rotatable bonds is 4. The maximum absolute atomic E-state index is 13.2. The SMILES string of the molecule is CCOc1cc(F)ccc1NC(=O)c1ccccc1N. The first-order chi connectivity index (χ1) is 9.61. The van der Waals surface area contributed by atoms with Crippen molar-refractivity contribution >= 4 is 17.3 Å². The topological polar surface area (TPSA) is 64.3 Å². The average molecular weight is 274 g/mol. The maximum Gasteiger partial charge on any atom is 0.257 e. The molecule has 0 fully saturated rings. The maximum atomic E-state index is 13.2. The summed E-state index contributed by atoms with van der Waals surface area (Å²) < 4.78 is 18.5. The number of benzene rings is 2. The van der Waals surface area contributed by atoms with Crippen molar-refractivity contribution in [3.63, 3.8) is 0 Å². The first-order valence-corrected chi connectivity index (χ1v) is 6.20. The molecule has 3 N–H and O–H groups in total. The monoisotopic (exact) mass is 274 g/mol. The third-order valence-corrected chi connectivity index (χ3v) is 2.70. The molecule has 20 heavy (non-hydrogen) atoms. The fourth-order valence-corrected chi connectivity index (χ4v) is 1.77. The molecule has 0 unspecified atom stereocenters. The van der Waals surface area contributed by atoms with Crippen LogP contribution in [-0.2, 0) is 0 Å². The van der Waals surface area contributed by atoms with Gasteiger partial charge in [-0.05, 0) is 31.2 Å². The lowest BCUT2D eigenvalue weighted by Gasteiger charge is -2.12. The lowest BCUT2D eigenvalue weighted by atomic mass is 10.1. The van der Waals surface area contributed by atoms with Crippen LogP contribution in [0, 0.1) is 5.82 Å². The van der Waals surface area contributed by atoms with E-state index in [0.717, 1.165) is 0 Å². The summed E-state index contributed by atoms with van der Waals surface area (Å²) in [5, 5.41) is 2.67. The second-order valence-electron chi connectivity index (χ2n) is 4.11. The Morgan fingerprint density at radius 2 is 2.05 bits per heavy atom. The second kappa shape index (κ2) is 6.06. The number of carbonyl (C=O) groups excluding carboxylic acids is 1. The number of ether oxygens (including phenoxy) is 1. The van der Waals surface area contributed by atoms with Gasteiger partial charge in [-0.3, -0.25) is 4.79 Å². The third-order valence-electron chi connectivity index (χ3n) is 2.70. The summed E-state index contributed by atoms with van der Waals surface area (Å²) in [6.07, 6.45) is 0. The molecule has 2 aromatic carbocycles. The van der Waals surface area contributed by atoms with Gasteiger partial charge in [0.1, 0.15) is 11.6 Å².